The summed E-state index contributed by atoms with van der Waals surface area (Å²) in [5.74, 6) is 0.901. The summed E-state index contributed by atoms with van der Waals surface area (Å²) in [4.78, 5) is 17.1. The van der Waals surface area contributed by atoms with Gasteiger partial charge in [-0.3, -0.25) is 4.79 Å². The van der Waals surface area contributed by atoms with Crippen molar-refractivity contribution < 1.29 is 9.53 Å². The molecule has 1 aliphatic carbocycles. The Morgan fingerprint density at radius 1 is 1.23 bits per heavy atom. The molecular formula is C20H17ClN2O2S. The molecule has 1 aliphatic rings. The zero-order valence-electron chi connectivity index (χ0n) is 14.1. The molecule has 132 valence electrons. The lowest BCUT2D eigenvalue weighted by molar-refractivity contribution is -0.117. The number of para-hydroxylation sites is 1. The Morgan fingerprint density at radius 2 is 2.00 bits per heavy atom. The number of nitrogens with one attached hydrogen (secondary N) is 1. The Kier molecular flexibility index (Phi) is 4.66. The fraction of sp³-hybridized carbons (Fsp3) is 0.200. The van der Waals surface area contributed by atoms with Gasteiger partial charge in [0.15, 0.2) is 5.13 Å². The van der Waals surface area contributed by atoms with E-state index < -0.39 is 0 Å². The van der Waals surface area contributed by atoms with E-state index in [-0.39, 0.29) is 17.7 Å². The molecule has 0 saturated heterocycles. The van der Waals surface area contributed by atoms with Crippen molar-refractivity contribution in [3.05, 3.63) is 64.5 Å². The van der Waals surface area contributed by atoms with Crippen LogP contribution in [0.15, 0.2) is 53.9 Å². The average molecular weight is 385 g/mol. The van der Waals surface area contributed by atoms with Crippen molar-refractivity contribution in [3.8, 4) is 17.0 Å². The number of nitrogens with zero attached hydrogens (tertiary/aromatic N) is 1. The molecule has 1 aromatic heterocycles. The molecule has 1 heterocycles. The zero-order valence-corrected chi connectivity index (χ0v) is 15.7. The Hall–Kier alpha value is -2.37. The van der Waals surface area contributed by atoms with Gasteiger partial charge in [0, 0.05) is 21.9 Å². The smallest absolute Gasteiger partial charge is 0.229 e. The van der Waals surface area contributed by atoms with Crippen LogP contribution in [-0.2, 0) is 4.79 Å². The number of carbonyl (C=O) groups excluding carboxylic acids is 1. The first-order valence-corrected chi connectivity index (χ1v) is 9.57. The van der Waals surface area contributed by atoms with Crippen molar-refractivity contribution in [2.75, 3.05) is 12.4 Å². The second-order valence-corrected chi connectivity index (χ2v) is 7.46. The second kappa shape index (κ2) is 7.09. The summed E-state index contributed by atoms with van der Waals surface area (Å²) in [6.07, 6.45) is 0.820. The lowest BCUT2D eigenvalue weighted by atomic mass is 10.1. The molecule has 2 aromatic carbocycles. The number of benzene rings is 2. The van der Waals surface area contributed by atoms with Gasteiger partial charge in [-0.25, -0.2) is 4.98 Å². The van der Waals surface area contributed by atoms with Gasteiger partial charge in [0.1, 0.15) is 5.75 Å². The van der Waals surface area contributed by atoms with Gasteiger partial charge in [-0.2, -0.15) is 0 Å². The van der Waals surface area contributed by atoms with E-state index in [1.807, 2.05) is 53.9 Å². The third-order valence-corrected chi connectivity index (χ3v) is 5.65. The van der Waals surface area contributed by atoms with E-state index in [0.717, 1.165) is 34.0 Å². The van der Waals surface area contributed by atoms with Crippen LogP contribution in [0.25, 0.3) is 11.3 Å². The predicted octanol–water partition coefficient (Wildman–Crippen LogP) is 5.21. The third-order valence-electron chi connectivity index (χ3n) is 4.55. The van der Waals surface area contributed by atoms with Crippen LogP contribution >= 0.6 is 22.9 Å². The van der Waals surface area contributed by atoms with Crippen molar-refractivity contribution in [2.24, 2.45) is 5.92 Å². The van der Waals surface area contributed by atoms with Gasteiger partial charge >= 0.3 is 0 Å². The second-order valence-electron chi connectivity index (χ2n) is 6.20. The van der Waals surface area contributed by atoms with Crippen molar-refractivity contribution in [3.63, 3.8) is 0 Å². The van der Waals surface area contributed by atoms with E-state index in [1.54, 1.807) is 7.11 Å². The molecule has 0 spiro atoms. The van der Waals surface area contributed by atoms with E-state index in [1.165, 1.54) is 11.3 Å². The molecule has 0 radical (unpaired) electrons. The molecule has 2 unspecified atom stereocenters. The van der Waals surface area contributed by atoms with E-state index in [9.17, 15) is 4.79 Å². The molecule has 1 saturated carbocycles. The summed E-state index contributed by atoms with van der Waals surface area (Å²) in [5.41, 5.74) is 2.75. The molecule has 1 fully saturated rings. The molecule has 0 aliphatic heterocycles. The number of carbonyl (C=O) groups is 1. The standard InChI is InChI=1S/C20H17ClN2O2S/c1-25-18-9-5-3-7-13(18)17-11-26-20(22-17)23-19(24)15-10-14(15)12-6-2-4-8-16(12)21/h2-9,11,14-15H,10H2,1H3,(H,22,23,24). The quantitative estimate of drug-likeness (QED) is 0.656. The van der Waals surface area contributed by atoms with Crippen LogP contribution in [0.3, 0.4) is 0 Å². The SMILES string of the molecule is COc1ccccc1-c1csc(NC(=O)C2CC2c2ccccc2Cl)n1. The maximum atomic E-state index is 12.5. The minimum atomic E-state index is -0.0477. The fourth-order valence-electron chi connectivity index (χ4n) is 3.11. The number of ether oxygens (including phenoxy) is 1. The maximum absolute atomic E-state index is 12.5. The highest BCUT2D eigenvalue weighted by atomic mass is 35.5. The normalized spacial score (nSPS) is 18.4. The lowest BCUT2D eigenvalue weighted by Crippen LogP contribution is -2.14. The fourth-order valence-corrected chi connectivity index (χ4v) is 4.10. The number of methoxy groups -OCH3 is 1. The number of hydrogen-bond acceptors (Lipinski definition) is 4. The van der Waals surface area contributed by atoms with Crippen molar-refractivity contribution in [1.82, 2.24) is 4.98 Å². The van der Waals surface area contributed by atoms with Gasteiger partial charge in [0.05, 0.1) is 12.8 Å². The van der Waals surface area contributed by atoms with Gasteiger partial charge in [-0.15, -0.1) is 11.3 Å². The number of aromatic nitrogens is 1. The van der Waals surface area contributed by atoms with Gasteiger partial charge in [0.25, 0.3) is 0 Å². The average Bonchev–Trinajstić information content (AvgIpc) is 3.33. The lowest BCUT2D eigenvalue weighted by Gasteiger charge is -2.05. The molecule has 4 nitrogen and oxygen atoms in total. The van der Waals surface area contributed by atoms with Gasteiger partial charge in [-0.05, 0) is 36.1 Å². The van der Waals surface area contributed by atoms with Gasteiger partial charge < -0.3 is 10.1 Å². The molecule has 2 atom stereocenters. The summed E-state index contributed by atoms with van der Waals surface area (Å²) in [5, 5.41) is 6.18. The Labute approximate surface area is 160 Å². The minimum Gasteiger partial charge on any atom is -0.496 e. The van der Waals surface area contributed by atoms with E-state index >= 15 is 0 Å². The molecule has 0 bridgehead atoms. The Balaban J connectivity index is 1.45. The van der Waals surface area contributed by atoms with E-state index in [2.05, 4.69) is 10.3 Å². The molecule has 1 amide bonds. The molecule has 26 heavy (non-hydrogen) atoms. The van der Waals surface area contributed by atoms with Crippen LogP contribution in [0.4, 0.5) is 5.13 Å². The van der Waals surface area contributed by atoms with E-state index in [4.69, 9.17) is 16.3 Å². The van der Waals surface area contributed by atoms with Crippen LogP contribution in [0.2, 0.25) is 5.02 Å². The monoisotopic (exact) mass is 384 g/mol. The van der Waals surface area contributed by atoms with Crippen LogP contribution < -0.4 is 10.1 Å². The van der Waals surface area contributed by atoms with Crippen LogP contribution in [0.1, 0.15) is 17.9 Å². The largest absolute Gasteiger partial charge is 0.496 e. The number of hydrogen-bond donors (Lipinski definition) is 1. The molecule has 4 rings (SSSR count). The molecule has 3 aromatic rings. The van der Waals surface area contributed by atoms with Crippen LogP contribution in [0.5, 0.6) is 5.75 Å². The minimum absolute atomic E-state index is 0.00385. The third kappa shape index (κ3) is 3.32. The first-order chi connectivity index (χ1) is 12.7. The number of thiazole rings is 1. The number of anilines is 1. The van der Waals surface area contributed by atoms with Crippen molar-refractivity contribution in [2.45, 2.75) is 12.3 Å². The Bertz CT molecular complexity index is 956. The highest BCUT2D eigenvalue weighted by Gasteiger charge is 2.45. The topological polar surface area (TPSA) is 51.2 Å². The number of rotatable bonds is 5. The van der Waals surface area contributed by atoms with Gasteiger partial charge in [0.2, 0.25) is 5.91 Å². The first kappa shape index (κ1) is 17.1. The summed E-state index contributed by atoms with van der Waals surface area (Å²) in [7, 11) is 1.63. The van der Waals surface area contributed by atoms with E-state index in [0.29, 0.717) is 5.13 Å². The van der Waals surface area contributed by atoms with Gasteiger partial charge in [-0.1, -0.05) is 41.9 Å². The maximum Gasteiger partial charge on any atom is 0.229 e. The number of amides is 1. The number of halogens is 1. The summed E-state index contributed by atoms with van der Waals surface area (Å²) >= 11 is 7.65. The summed E-state index contributed by atoms with van der Waals surface area (Å²) in [6, 6.07) is 15.4. The van der Waals surface area contributed by atoms with Crippen molar-refractivity contribution in [1.29, 1.82) is 0 Å². The molecule has 1 N–H and O–H groups in total. The molecular weight excluding hydrogens is 368 g/mol. The summed E-state index contributed by atoms with van der Waals surface area (Å²) < 4.78 is 5.38. The summed E-state index contributed by atoms with van der Waals surface area (Å²) in [6.45, 7) is 0. The zero-order chi connectivity index (χ0) is 18.1. The molecule has 6 heteroatoms. The highest BCUT2D eigenvalue weighted by Crippen LogP contribution is 2.50. The highest BCUT2D eigenvalue weighted by molar-refractivity contribution is 7.14. The van der Waals surface area contributed by atoms with Crippen molar-refractivity contribution >= 4 is 34.0 Å². The predicted molar refractivity (Wildman–Crippen MR) is 105 cm³/mol. The first-order valence-electron chi connectivity index (χ1n) is 8.31. The van der Waals surface area contributed by atoms with Crippen LogP contribution in [-0.4, -0.2) is 18.0 Å². The Morgan fingerprint density at radius 3 is 2.81 bits per heavy atom. The van der Waals surface area contributed by atoms with Crippen LogP contribution in [0, 0.1) is 5.92 Å².